The number of fused-ring (bicyclic) bond motifs is 1. The van der Waals surface area contributed by atoms with Crippen molar-refractivity contribution in [3.63, 3.8) is 0 Å². The fourth-order valence-corrected chi connectivity index (χ4v) is 3.05. The minimum atomic E-state index is -0.105. The van der Waals surface area contributed by atoms with Crippen LogP contribution in [0.25, 0.3) is 10.9 Å². The molecule has 5 heteroatoms. The van der Waals surface area contributed by atoms with Crippen molar-refractivity contribution in [2.45, 2.75) is 39.0 Å². The Balaban J connectivity index is 2.11. The number of aromatic nitrogens is 3. The van der Waals surface area contributed by atoms with Gasteiger partial charge in [0.2, 0.25) is 0 Å². The second kappa shape index (κ2) is 7.28. The van der Waals surface area contributed by atoms with Gasteiger partial charge in [-0.25, -0.2) is 9.97 Å². The number of hydrogen-bond donors (Lipinski definition) is 0. The van der Waals surface area contributed by atoms with Gasteiger partial charge in [-0.05, 0) is 36.2 Å². The Labute approximate surface area is 154 Å². The van der Waals surface area contributed by atoms with Crippen LogP contribution in [0.15, 0.2) is 36.7 Å². The summed E-state index contributed by atoms with van der Waals surface area (Å²) in [6.07, 6.45) is 5.24. The van der Waals surface area contributed by atoms with E-state index in [4.69, 9.17) is 19.4 Å². The quantitative estimate of drug-likeness (QED) is 0.692. The minimum absolute atomic E-state index is 0.105. The molecule has 2 heterocycles. The zero-order valence-electron chi connectivity index (χ0n) is 16.0. The van der Waals surface area contributed by atoms with E-state index in [1.54, 1.807) is 14.2 Å². The van der Waals surface area contributed by atoms with Crippen molar-refractivity contribution in [2.24, 2.45) is 0 Å². The topological polar surface area (TPSA) is 57.1 Å². The van der Waals surface area contributed by atoms with Crippen LogP contribution in [0.2, 0.25) is 0 Å². The summed E-state index contributed by atoms with van der Waals surface area (Å²) in [7, 11) is 3.28. The fraction of sp³-hybridized carbons (Fsp3) is 0.381. The Morgan fingerprint density at radius 2 is 1.62 bits per heavy atom. The SMILES string of the molecule is COc1ccc2c(C(C)(C)C)nc(CCc3ccncc3)nc2c1OC. The maximum absolute atomic E-state index is 5.61. The van der Waals surface area contributed by atoms with Gasteiger partial charge in [0.1, 0.15) is 11.3 Å². The van der Waals surface area contributed by atoms with E-state index >= 15 is 0 Å². The predicted octanol–water partition coefficient (Wildman–Crippen LogP) is 4.12. The predicted molar refractivity (Wildman–Crippen MR) is 103 cm³/mol. The number of rotatable bonds is 5. The molecule has 0 atom stereocenters. The highest BCUT2D eigenvalue weighted by atomic mass is 16.5. The molecule has 136 valence electrons. The van der Waals surface area contributed by atoms with Crippen molar-refractivity contribution in [3.8, 4) is 11.5 Å². The summed E-state index contributed by atoms with van der Waals surface area (Å²) in [5.74, 6) is 2.15. The van der Waals surface area contributed by atoms with Crippen LogP contribution in [0.1, 0.15) is 37.9 Å². The largest absolute Gasteiger partial charge is 0.493 e. The van der Waals surface area contributed by atoms with Gasteiger partial charge in [0.15, 0.2) is 11.5 Å². The zero-order valence-corrected chi connectivity index (χ0v) is 16.0. The maximum atomic E-state index is 5.61. The number of hydrogen-bond acceptors (Lipinski definition) is 5. The highest BCUT2D eigenvalue weighted by molar-refractivity contribution is 5.89. The lowest BCUT2D eigenvalue weighted by molar-refractivity contribution is 0.358. The molecule has 0 saturated heterocycles. The number of aryl methyl sites for hydroxylation is 2. The molecule has 0 spiro atoms. The average Bonchev–Trinajstić information content (AvgIpc) is 2.64. The van der Waals surface area contributed by atoms with Gasteiger partial charge in [-0.2, -0.15) is 0 Å². The average molecular weight is 351 g/mol. The number of methoxy groups -OCH3 is 2. The van der Waals surface area contributed by atoms with Gasteiger partial charge in [0.05, 0.1) is 19.9 Å². The highest BCUT2D eigenvalue weighted by Gasteiger charge is 2.23. The molecule has 0 saturated carbocycles. The van der Waals surface area contributed by atoms with Gasteiger partial charge in [-0.1, -0.05) is 20.8 Å². The second-order valence-corrected chi connectivity index (χ2v) is 7.29. The molecule has 26 heavy (non-hydrogen) atoms. The number of benzene rings is 1. The molecule has 3 rings (SSSR count). The fourth-order valence-electron chi connectivity index (χ4n) is 3.05. The van der Waals surface area contributed by atoms with Crippen LogP contribution in [0, 0.1) is 0 Å². The Morgan fingerprint density at radius 1 is 0.885 bits per heavy atom. The van der Waals surface area contributed by atoms with E-state index in [-0.39, 0.29) is 5.41 Å². The van der Waals surface area contributed by atoms with Crippen molar-refractivity contribution >= 4 is 10.9 Å². The molecule has 0 N–H and O–H groups in total. The van der Waals surface area contributed by atoms with E-state index in [0.29, 0.717) is 11.5 Å². The number of ether oxygens (including phenoxy) is 2. The summed E-state index contributed by atoms with van der Waals surface area (Å²) in [4.78, 5) is 13.8. The first-order valence-electron chi connectivity index (χ1n) is 8.75. The Kier molecular flexibility index (Phi) is 5.07. The first kappa shape index (κ1) is 18.1. The molecule has 0 unspecified atom stereocenters. The van der Waals surface area contributed by atoms with E-state index in [9.17, 15) is 0 Å². The maximum Gasteiger partial charge on any atom is 0.187 e. The molecule has 0 radical (unpaired) electrons. The molecule has 0 amide bonds. The molecular formula is C21H25N3O2. The first-order chi connectivity index (χ1) is 12.4. The van der Waals surface area contributed by atoms with Crippen LogP contribution in [0.5, 0.6) is 11.5 Å². The third-order valence-corrected chi connectivity index (χ3v) is 4.35. The van der Waals surface area contributed by atoms with Gasteiger partial charge < -0.3 is 9.47 Å². The van der Waals surface area contributed by atoms with Gasteiger partial charge in [0.25, 0.3) is 0 Å². The lowest BCUT2D eigenvalue weighted by Gasteiger charge is -2.22. The zero-order chi connectivity index (χ0) is 18.7. The Bertz CT molecular complexity index is 903. The van der Waals surface area contributed by atoms with Crippen molar-refractivity contribution < 1.29 is 9.47 Å². The van der Waals surface area contributed by atoms with Gasteiger partial charge in [0, 0.05) is 29.6 Å². The van der Waals surface area contributed by atoms with Crippen molar-refractivity contribution in [2.75, 3.05) is 14.2 Å². The number of nitrogens with zero attached hydrogens (tertiary/aromatic N) is 3. The van der Waals surface area contributed by atoms with Crippen LogP contribution < -0.4 is 9.47 Å². The third kappa shape index (κ3) is 3.62. The van der Waals surface area contributed by atoms with E-state index in [1.165, 1.54) is 5.56 Å². The molecule has 0 aliphatic heterocycles. The molecule has 0 aliphatic carbocycles. The van der Waals surface area contributed by atoms with Crippen molar-refractivity contribution in [3.05, 3.63) is 53.7 Å². The van der Waals surface area contributed by atoms with Gasteiger partial charge in [-0.15, -0.1) is 0 Å². The normalized spacial score (nSPS) is 11.6. The van der Waals surface area contributed by atoms with Gasteiger partial charge in [-0.3, -0.25) is 4.98 Å². The summed E-state index contributed by atoms with van der Waals surface area (Å²) < 4.78 is 11.1. The molecule has 0 aliphatic rings. The van der Waals surface area contributed by atoms with Crippen molar-refractivity contribution in [1.82, 2.24) is 15.0 Å². The summed E-state index contributed by atoms with van der Waals surface area (Å²) in [5, 5.41) is 1.00. The van der Waals surface area contributed by atoms with Crippen molar-refractivity contribution in [1.29, 1.82) is 0 Å². The lowest BCUT2D eigenvalue weighted by Crippen LogP contribution is -2.17. The summed E-state index contributed by atoms with van der Waals surface area (Å²) in [5.41, 5.74) is 2.94. The highest BCUT2D eigenvalue weighted by Crippen LogP contribution is 2.38. The third-order valence-electron chi connectivity index (χ3n) is 4.35. The monoisotopic (exact) mass is 351 g/mol. The molecule has 3 aromatic rings. The van der Waals surface area contributed by atoms with E-state index in [1.807, 2.05) is 36.7 Å². The standard InChI is InChI=1S/C21H25N3O2/c1-21(2,3)20-15-7-8-16(25-4)19(26-5)18(15)23-17(24-20)9-6-14-10-12-22-13-11-14/h7-8,10-13H,6,9H2,1-5H3. The number of pyridine rings is 1. The summed E-state index contributed by atoms with van der Waals surface area (Å²) in [6, 6.07) is 7.98. The molecule has 2 aromatic heterocycles. The summed E-state index contributed by atoms with van der Waals surface area (Å²) in [6.45, 7) is 6.49. The smallest absolute Gasteiger partial charge is 0.187 e. The van der Waals surface area contributed by atoms with E-state index in [2.05, 4.69) is 25.8 Å². The van der Waals surface area contributed by atoms with Crippen LogP contribution >= 0.6 is 0 Å². The van der Waals surface area contributed by atoms with Crippen LogP contribution in [0.4, 0.5) is 0 Å². The van der Waals surface area contributed by atoms with Crippen LogP contribution in [0.3, 0.4) is 0 Å². The molecule has 0 bridgehead atoms. The molecule has 1 aromatic carbocycles. The Hall–Kier alpha value is -2.69. The molecule has 5 nitrogen and oxygen atoms in total. The second-order valence-electron chi connectivity index (χ2n) is 7.29. The Morgan fingerprint density at radius 3 is 2.23 bits per heavy atom. The summed E-state index contributed by atoms with van der Waals surface area (Å²) >= 11 is 0. The first-order valence-corrected chi connectivity index (χ1v) is 8.75. The molecular weight excluding hydrogens is 326 g/mol. The van der Waals surface area contributed by atoms with E-state index < -0.39 is 0 Å². The lowest BCUT2D eigenvalue weighted by atomic mass is 9.89. The minimum Gasteiger partial charge on any atom is -0.493 e. The molecule has 0 fully saturated rings. The van der Waals surface area contributed by atoms with Gasteiger partial charge >= 0.3 is 0 Å². The van der Waals surface area contributed by atoms with Crippen LogP contribution in [-0.4, -0.2) is 29.2 Å². The van der Waals surface area contributed by atoms with E-state index in [0.717, 1.165) is 35.3 Å². The van der Waals surface area contributed by atoms with Crippen LogP contribution in [-0.2, 0) is 18.3 Å².